The lowest BCUT2D eigenvalue weighted by atomic mass is 10.1. The zero-order chi connectivity index (χ0) is 14.7. The Morgan fingerprint density at radius 2 is 2.10 bits per heavy atom. The number of hydrogen-bond acceptors (Lipinski definition) is 3. The molecule has 0 aliphatic carbocycles. The van der Waals surface area contributed by atoms with E-state index in [9.17, 15) is 10.1 Å². The molecule has 0 bridgehead atoms. The summed E-state index contributed by atoms with van der Waals surface area (Å²) in [6, 6.07) is 10.2. The minimum absolute atomic E-state index is 0.0968. The second kappa shape index (κ2) is 6.24. The third-order valence-corrected chi connectivity index (χ3v) is 3.63. The van der Waals surface area contributed by atoms with E-state index < -0.39 is 4.92 Å². The molecule has 2 rings (SSSR count). The van der Waals surface area contributed by atoms with E-state index in [1.807, 2.05) is 19.1 Å². The largest absolute Gasteiger partial charge is 0.449 e. The molecule has 0 heterocycles. The molecule has 0 aliphatic heterocycles. The van der Waals surface area contributed by atoms with Crippen molar-refractivity contribution in [1.29, 1.82) is 0 Å². The van der Waals surface area contributed by atoms with Gasteiger partial charge in [-0.15, -0.1) is 11.6 Å². The van der Waals surface area contributed by atoms with Crippen LogP contribution >= 0.6 is 27.5 Å². The number of aryl methyl sites for hydroxylation is 1. The van der Waals surface area contributed by atoms with Gasteiger partial charge in [-0.3, -0.25) is 10.1 Å². The maximum atomic E-state index is 11.1. The fourth-order valence-corrected chi connectivity index (χ4v) is 2.41. The van der Waals surface area contributed by atoms with Gasteiger partial charge < -0.3 is 4.74 Å². The number of alkyl halides is 1. The average Bonchev–Trinajstić information content (AvgIpc) is 2.42. The lowest BCUT2D eigenvalue weighted by Crippen LogP contribution is -1.96. The molecule has 0 spiro atoms. The van der Waals surface area contributed by atoms with Crippen molar-refractivity contribution >= 4 is 33.2 Å². The van der Waals surface area contributed by atoms with Crippen LogP contribution < -0.4 is 4.74 Å². The summed E-state index contributed by atoms with van der Waals surface area (Å²) >= 11 is 9.16. The van der Waals surface area contributed by atoms with E-state index in [0.29, 0.717) is 10.2 Å². The van der Waals surface area contributed by atoms with Crippen molar-refractivity contribution in [2.75, 3.05) is 0 Å². The molecule has 0 N–H and O–H groups in total. The summed E-state index contributed by atoms with van der Waals surface area (Å²) in [6.45, 7) is 1.95. The van der Waals surface area contributed by atoms with Gasteiger partial charge in [-0.05, 0) is 35.0 Å². The topological polar surface area (TPSA) is 52.4 Å². The van der Waals surface area contributed by atoms with Gasteiger partial charge in [-0.1, -0.05) is 23.8 Å². The van der Waals surface area contributed by atoms with Crippen LogP contribution in [-0.2, 0) is 5.88 Å². The Bertz CT molecular complexity index is 661. The molecular formula is C14H11BrClNO3. The molecule has 0 saturated heterocycles. The van der Waals surface area contributed by atoms with E-state index in [-0.39, 0.29) is 17.3 Å². The summed E-state index contributed by atoms with van der Waals surface area (Å²) in [5.74, 6) is 0.961. The zero-order valence-corrected chi connectivity index (χ0v) is 12.9. The SMILES string of the molecule is Cc1ccc(Oc2c(Br)cccc2[N+](=O)[O-])c(CCl)c1. The van der Waals surface area contributed by atoms with E-state index in [1.165, 1.54) is 6.07 Å². The van der Waals surface area contributed by atoms with Crippen LogP contribution in [0.3, 0.4) is 0 Å². The maximum Gasteiger partial charge on any atom is 0.312 e. The second-order valence-corrected chi connectivity index (χ2v) is 5.31. The van der Waals surface area contributed by atoms with Gasteiger partial charge in [-0.2, -0.15) is 0 Å². The average molecular weight is 357 g/mol. The number of halogens is 2. The normalized spacial score (nSPS) is 10.3. The summed E-state index contributed by atoms with van der Waals surface area (Å²) in [5.41, 5.74) is 1.74. The molecule has 0 unspecified atom stereocenters. The van der Waals surface area contributed by atoms with Crippen molar-refractivity contribution < 1.29 is 9.66 Å². The van der Waals surface area contributed by atoms with Gasteiger partial charge in [0.05, 0.1) is 15.3 Å². The summed E-state index contributed by atoms with van der Waals surface area (Å²) in [7, 11) is 0. The molecule has 2 aromatic carbocycles. The smallest absolute Gasteiger partial charge is 0.312 e. The van der Waals surface area contributed by atoms with Crippen molar-refractivity contribution in [3.05, 3.63) is 62.1 Å². The quantitative estimate of drug-likeness (QED) is 0.430. The molecule has 0 amide bonds. The van der Waals surface area contributed by atoms with Crippen molar-refractivity contribution in [3.63, 3.8) is 0 Å². The number of ether oxygens (including phenoxy) is 1. The van der Waals surface area contributed by atoms with Gasteiger partial charge in [-0.25, -0.2) is 0 Å². The molecule has 0 atom stereocenters. The van der Waals surface area contributed by atoms with Gasteiger partial charge in [0.1, 0.15) is 5.75 Å². The lowest BCUT2D eigenvalue weighted by Gasteiger charge is -2.11. The Hall–Kier alpha value is -1.59. The Morgan fingerprint density at radius 3 is 2.75 bits per heavy atom. The van der Waals surface area contributed by atoms with Crippen LogP contribution in [0.15, 0.2) is 40.9 Å². The van der Waals surface area contributed by atoms with Crippen LogP contribution in [0.4, 0.5) is 5.69 Å². The first-order valence-electron chi connectivity index (χ1n) is 5.79. The Labute approximate surface area is 129 Å². The van der Waals surface area contributed by atoms with Crippen LogP contribution in [0.5, 0.6) is 11.5 Å². The van der Waals surface area contributed by atoms with Gasteiger partial charge in [0.15, 0.2) is 0 Å². The monoisotopic (exact) mass is 355 g/mol. The van der Waals surface area contributed by atoms with E-state index in [4.69, 9.17) is 16.3 Å². The summed E-state index contributed by atoms with van der Waals surface area (Å²) < 4.78 is 6.23. The van der Waals surface area contributed by atoms with Crippen molar-refractivity contribution in [2.24, 2.45) is 0 Å². The van der Waals surface area contributed by atoms with Crippen LogP contribution in [0.1, 0.15) is 11.1 Å². The van der Waals surface area contributed by atoms with Crippen molar-refractivity contribution in [3.8, 4) is 11.5 Å². The number of nitrogens with zero attached hydrogens (tertiary/aromatic N) is 1. The highest BCUT2D eigenvalue weighted by Gasteiger charge is 2.19. The molecule has 6 heteroatoms. The fourth-order valence-electron chi connectivity index (χ4n) is 1.76. The summed E-state index contributed by atoms with van der Waals surface area (Å²) in [5, 5.41) is 11.1. The predicted molar refractivity (Wildman–Crippen MR) is 81.6 cm³/mol. The first kappa shape index (κ1) is 14.8. The minimum Gasteiger partial charge on any atom is -0.449 e. The number of rotatable bonds is 4. The molecule has 0 aromatic heterocycles. The Kier molecular flexibility index (Phi) is 4.62. The predicted octanol–water partition coefficient (Wildman–Crippen LogP) is 5.20. The van der Waals surface area contributed by atoms with Gasteiger partial charge in [0.2, 0.25) is 5.75 Å². The summed E-state index contributed by atoms with van der Waals surface area (Å²) in [6.07, 6.45) is 0. The van der Waals surface area contributed by atoms with Crippen LogP contribution in [0.25, 0.3) is 0 Å². The van der Waals surface area contributed by atoms with E-state index in [2.05, 4.69) is 15.9 Å². The standard InChI is InChI=1S/C14H11BrClNO3/c1-9-5-6-13(10(7-9)8-16)20-14-11(15)3-2-4-12(14)17(18)19/h2-7H,8H2,1H3. The fraction of sp³-hybridized carbons (Fsp3) is 0.143. The third kappa shape index (κ3) is 3.11. The molecule has 0 fully saturated rings. The molecular weight excluding hydrogens is 346 g/mol. The Balaban J connectivity index is 2.47. The van der Waals surface area contributed by atoms with Gasteiger partial charge in [0.25, 0.3) is 0 Å². The maximum absolute atomic E-state index is 11.1. The minimum atomic E-state index is -0.478. The van der Waals surface area contributed by atoms with Crippen molar-refractivity contribution in [2.45, 2.75) is 12.8 Å². The second-order valence-electron chi connectivity index (χ2n) is 4.19. The van der Waals surface area contributed by atoms with E-state index >= 15 is 0 Å². The molecule has 0 saturated carbocycles. The highest BCUT2D eigenvalue weighted by atomic mass is 79.9. The Morgan fingerprint density at radius 1 is 1.35 bits per heavy atom. The van der Waals surface area contributed by atoms with Crippen LogP contribution in [0, 0.1) is 17.0 Å². The number of hydrogen-bond donors (Lipinski definition) is 0. The van der Waals surface area contributed by atoms with Gasteiger partial charge >= 0.3 is 5.69 Å². The highest BCUT2D eigenvalue weighted by molar-refractivity contribution is 9.10. The summed E-state index contributed by atoms with van der Waals surface area (Å²) in [4.78, 5) is 10.6. The number of nitro benzene ring substituents is 1. The molecule has 0 aliphatic rings. The first-order valence-corrected chi connectivity index (χ1v) is 7.12. The number of para-hydroxylation sites is 1. The zero-order valence-electron chi connectivity index (χ0n) is 10.6. The van der Waals surface area contributed by atoms with Crippen LogP contribution in [0.2, 0.25) is 0 Å². The molecule has 2 aromatic rings. The number of benzene rings is 2. The van der Waals surface area contributed by atoms with E-state index in [1.54, 1.807) is 18.2 Å². The lowest BCUT2D eigenvalue weighted by molar-refractivity contribution is -0.385. The van der Waals surface area contributed by atoms with Gasteiger partial charge in [0, 0.05) is 11.6 Å². The molecule has 4 nitrogen and oxygen atoms in total. The number of nitro groups is 1. The molecule has 0 radical (unpaired) electrons. The van der Waals surface area contributed by atoms with Crippen molar-refractivity contribution in [1.82, 2.24) is 0 Å². The highest BCUT2D eigenvalue weighted by Crippen LogP contribution is 2.39. The van der Waals surface area contributed by atoms with Crippen LogP contribution in [-0.4, -0.2) is 4.92 Å². The van der Waals surface area contributed by atoms with E-state index in [0.717, 1.165) is 11.1 Å². The molecule has 20 heavy (non-hydrogen) atoms. The molecule has 104 valence electrons. The first-order chi connectivity index (χ1) is 9.52. The third-order valence-electron chi connectivity index (χ3n) is 2.71.